The number of aromatic nitrogens is 3. The maximum Gasteiger partial charge on any atom is 0.0847 e. The molecule has 1 fully saturated rings. The number of hydrogen-bond donors (Lipinski definition) is 2. The Kier molecular flexibility index (Phi) is 2.26. The summed E-state index contributed by atoms with van der Waals surface area (Å²) in [6.07, 6.45) is 5.20. The van der Waals surface area contributed by atoms with E-state index in [2.05, 4.69) is 31.7 Å². The molecule has 0 unspecified atom stereocenters. The lowest BCUT2D eigenvalue weighted by atomic mass is 10.1. The maximum absolute atomic E-state index is 4.18. The van der Waals surface area contributed by atoms with Crippen LogP contribution >= 0.6 is 0 Å². The molecule has 0 saturated carbocycles. The Labute approximate surface area is 88.5 Å². The molecule has 3 heterocycles. The summed E-state index contributed by atoms with van der Waals surface area (Å²) >= 11 is 0. The first-order valence-corrected chi connectivity index (χ1v) is 5.46. The van der Waals surface area contributed by atoms with E-state index in [9.17, 15) is 0 Å². The van der Waals surface area contributed by atoms with Gasteiger partial charge in [0, 0.05) is 19.6 Å². The fourth-order valence-corrected chi connectivity index (χ4v) is 2.04. The van der Waals surface area contributed by atoms with E-state index < -0.39 is 0 Å². The second-order valence-corrected chi connectivity index (χ2v) is 4.06. The zero-order valence-electron chi connectivity index (χ0n) is 8.61. The minimum absolute atomic E-state index is 0.498. The number of hydrogen-bond acceptors (Lipinski definition) is 4. The van der Waals surface area contributed by atoms with Crippen molar-refractivity contribution < 1.29 is 0 Å². The summed E-state index contributed by atoms with van der Waals surface area (Å²) in [6, 6.07) is 0.498. The molecule has 0 atom stereocenters. The van der Waals surface area contributed by atoms with Crippen LogP contribution in [-0.4, -0.2) is 41.2 Å². The van der Waals surface area contributed by atoms with E-state index in [-0.39, 0.29) is 0 Å². The van der Waals surface area contributed by atoms with Crippen molar-refractivity contribution in [3.63, 3.8) is 0 Å². The van der Waals surface area contributed by atoms with Crippen molar-refractivity contribution in [2.24, 2.45) is 0 Å². The van der Waals surface area contributed by atoms with Crippen LogP contribution in [0.2, 0.25) is 0 Å². The van der Waals surface area contributed by atoms with Crippen molar-refractivity contribution in [1.82, 2.24) is 25.6 Å². The molecule has 0 amide bonds. The van der Waals surface area contributed by atoms with Crippen molar-refractivity contribution in [3.05, 3.63) is 18.0 Å². The molecule has 1 aromatic heterocycles. The molecule has 5 nitrogen and oxygen atoms in total. The summed E-state index contributed by atoms with van der Waals surface area (Å²) in [5, 5.41) is 14.8. The predicted molar refractivity (Wildman–Crippen MR) is 57.4 cm³/mol. The summed E-state index contributed by atoms with van der Waals surface area (Å²) in [4.78, 5) is 0. The minimum atomic E-state index is 0.498. The normalized spacial score (nSPS) is 22.3. The molecule has 1 saturated heterocycles. The molecule has 3 rings (SSSR count). The maximum atomic E-state index is 4.18. The van der Waals surface area contributed by atoms with Crippen LogP contribution in [0.4, 0.5) is 0 Å². The summed E-state index contributed by atoms with van der Waals surface area (Å²) in [7, 11) is 0. The van der Waals surface area contributed by atoms with Gasteiger partial charge in [-0.2, -0.15) is 0 Å². The van der Waals surface area contributed by atoms with Gasteiger partial charge in [0.15, 0.2) is 0 Å². The van der Waals surface area contributed by atoms with E-state index in [4.69, 9.17) is 0 Å². The average molecular weight is 205 g/mol. The molecule has 5 heteroatoms. The average Bonchev–Trinajstić information content (AvgIpc) is 2.65. The topological polar surface area (TPSA) is 54.8 Å². The first kappa shape index (κ1) is 9.06. The van der Waals surface area contributed by atoms with Crippen molar-refractivity contribution >= 4 is 5.57 Å². The second-order valence-electron chi connectivity index (χ2n) is 4.06. The van der Waals surface area contributed by atoms with Gasteiger partial charge in [0.25, 0.3) is 0 Å². The highest BCUT2D eigenvalue weighted by Gasteiger charge is 2.23. The third-order valence-electron chi connectivity index (χ3n) is 3.07. The molecule has 0 aromatic carbocycles. The fraction of sp³-hybridized carbons (Fsp3) is 0.600. The standard InChI is InChI=1S/C10H15N5/c1-3-11-4-2-8(1)10-7-13-14-15(10)9-5-12-6-9/h1,7,9,11-12H,2-6H2. The zero-order valence-corrected chi connectivity index (χ0v) is 8.61. The minimum Gasteiger partial charge on any atom is -0.313 e. The SMILES string of the molecule is C1=C(c2cnnn2C2CNC2)CCNC1. The van der Waals surface area contributed by atoms with Crippen LogP contribution < -0.4 is 10.6 Å². The van der Waals surface area contributed by atoms with Crippen LogP contribution in [0.1, 0.15) is 18.2 Å². The molecule has 2 N–H and O–H groups in total. The van der Waals surface area contributed by atoms with Crippen LogP contribution in [0.25, 0.3) is 5.57 Å². The van der Waals surface area contributed by atoms with Gasteiger partial charge < -0.3 is 10.6 Å². The largest absolute Gasteiger partial charge is 0.313 e. The van der Waals surface area contributed by atoms with Crippen molar-refractivity contribution in [2.75, 3.05) is 26.2 Å². The first-order chi connectivity index (χ1) is 7.45. The van der Waals surface area contributed by atoms with Gasteiger partial charge in [0.05, 0.1) is 17.9 Å². The molecule has 2 aliphatic rings. The third-order valence-corrected chi connectivity index (χ3v) is 3.07. The van der Waals surface area contributed by atoms with Crippen molar-refractivity contribution in [3.8, 4) is 0 Å². The molecule has 1 aromatic rings. The molecule has 0 spiro atoms. The van der Waals surface area contributed by atoms with Crippen LogP contribution in [-0.2, 0) is 0 Å². The quantitative estimate of drug-likeness (QED) is 0.702. The van der Waals surface area contributed by atoms with E-state index in [1.165, 1.54) is 11.3 Å². The molecular formula is C10H15N5. The molecule has 0 bridgehead atoms. The number of rotatable bonds is 2. The molecular weight excluding hydrogens is 190 g/mol. The van der Waals surface area contributed by atoms with Gasteiger partial charge in [-0.1, -0.05) is 11.3 Å². The third kappa shape index (κ3) is 1.57. The highest BCUT2D eigenvalue weighted by molar-refractivity contribution is 5.63. The Bertz CT molecular complexity index is 377. The molecule has 0 aliphatic carbocycles. The van der Waals surface area contributed by atoms with Crippen LogP contribution in [0.15, 0.2) is 12.3 Å². The first-order valence-electron chi connectivity index (χ1n) is 5.46. The van der Waals surface area contributed by atoms with E-state index in [1.807, 2.05) is 6.20 Å². The van der Waals surface area contributed by atoms with E-state index in [0.29, 0.717) is 6.04 Å². The van der Waals surface area contributed by atoms with Gasteiger partial charge in [-0.15, -0.1) is 5.10 Å². The number of nitrogens with one attached hydrogen (secondary N) is 2. The van der Waals surface area contributed by atoms with Gasteiger partial charge in [-0.3, -0.25) is 0 Å². The van der Waals surface area contributed by atoms with E-state index in [1.54, 1.807) is 0 Å². The Morgan fingerprint density at radius 1 is 1.33 bits per heavy atom. The highest BCUT2D eigenvalue weighted by atomic mass is 15.5. The van der Waals surface area contributed by atoms with Crippen LogP contribution in [0.5, 0.6) is 0 Å². The highest BCUT2D eigenvalue weighted by Crippen LogP contribution is 2.22. The Morgan fingerprint density at radius 2 is 2.27 bits per heavy atom. The lowest BCUT2D eigenvalue weighted by molar-refractivity contribution is 0.310. The van der Waals surface area contributed by atoms with Gasteiger partial charge in [-0.25, -0.2) is 4.68 Å². The fourth-order valence-electron chi connectivity index (χ4n) is 2.04. The lowest BCUT2D eigenvalue weighted by Crippen LogP contribution is -2.44. The van der Waals surface area contributed by atoms with Crippen molar-refractivity contribution in [2.45, 2.75) is 12.5 Å². The van der Waals surface area contributed by atoms with E-state index in [0.717, 1.165) is 32.6 Å². The smallest absolute Gasteiger partial charge is 0.0847 e. The summed E-state index contributed by atoms with van der Waals surface area (Å²) in [5.74, 6) is 0. The van der Waals surface area contributed by atoms with Crippen LogP contribution in [0, 0.1) is 0 Å². The predicted octanol–water partition coefficient (Wildman–Crippen LogP) is -0.201. The van der Waals surface area contributed by atoms with Crippen molar-refractivity contribution in [1.29, 1.82) is 0 Å². The lowest BCUT2D eigenvalue weighted by Gasteiger charge is -2.29. The monoisotopic (exact) mass is 205 g/mol. The van der Waals surface area contributed by atoms with Gasteiger partial charge >= 0.3 is 0 Å². The Hall–Kier alpha value is -1.20. The summed E-state index contributed by atoms with van der Waals surface area (Å²) in [6.45, 7) is 4.05. The van der Waals surface area contributed by atoms with Gasteiger partial charge in [0.2, 0.25) is 0 Å². The van der Waals surface area contributed by atoms with Crippen LogP contribution in [0.3, 0.4) is 0 Å². The molecule has 80 valence electrons. The molecule has 0 radical (unpaired) electrons. The zero-order chi connectivity index (χ0) is 10.1. The summed E-state index contributed by atoms with van der Waals surface area (Å²) < 4.78 is 2.06. The summed E-state index contributed by atoms with van der Waals surface area (Å²) in [5.41, 5.74) is 2.58. The van der Waals surface area contributed by atoms with Gasteiger partial charge in [-0.05, 0) is 18.5 Å². The van der Waals surface area contributed by atoms with Gasteiger partial charge in [0.1, 0.15) is 0 Å². The Balaban J connectivity index is 1.89. The molecule has 15 heavy (non-hydrogen) atoms. The Morgan fingerprint density at radius 3 is 2.93 bits per heavy atom. The second kappa shape index (κ2) is 3.75. The molecule has 2 aliphatic heterocycles. The number of nitrogens with zero attached hydrogens (tertiary/aromatic N) is 3. The van der Waals surface area contributed by atoms with E-state index >= 15 is 0 Å².